The van der Waals surface area contributed by atoms with E-state index in [1.54, 1.807) is 12.3 Å². The molecule has 1 unspecified atom stereocenters. The number of rotatable bonds is 2. The highest BCUT2D eigenvalue weighted by Gasteiger charge is 2.05. The van der Waals surface area contributed by atoms with Gasteiger partial charge in [-0.3, -0.25) is 0 Å². The first kappa shape index (κ1) is 8.76. The van der Waals surface area contributed by atoms with Crippen LogP contribution in [0, 0.1) is 0 Å². The van der Waals surface area contributed by atoms with E-state index in [-0.39, 0.29) is 6.04 Å². The van der Waals surface area contributed by atoms with Gasteiger partial charge in [0.25, 0.3) is 0 Å². The van der Waals surface area contributed by atoms with Gasteiger partial charge < -0.3 is 22.9 Å². The molecule has 0 aliphatic carbocycles. The Labute approximate surface area is 70.7 Å². The topological polar surface area (TPSA) is 117 Å². The van der Waals surface area contributed by atoms with Crippen molar-refractivity contribution in [3.8, 4) is 0 Å². The maximum atomic E-state index is 5.65. The van der Waals surface area contributed by atoms with Crippen molar-refractivity contribution in [2.24, 2.45) is 11.5 Å². The van der Waals surface area contributed by atoms with Gasteiger partial charge in [0.2, 0.25) is 0 Å². The first-order valence-electron chi connectivity index (χ1n) is 3.61. The second-order valence-electron chi connectivity index (χ2n) is 2.59. The maximum Gasteiger partial charge on any atom is 0.146 e. The summed E-state index contributed by atoms with van der Waals surface area (Å²) in [7, 11) is 0. The van der Waals surface area contributed by atoms with Gasteiger partial charge in [0.15, 0.2) is 0 Å². The number of hydrogen-bond donors (Lipinski definition) is 4. The minimum absolute atomic E-state index is 0.222. The molecule has 0 spiro atoms. The quantitative estimate of drug-likeness (QED) is 0.460. The van der Waals surface area contributed by atoms with Crippen molar-refractivity contribution >= 4 is 11.5 Å². The van der Waals surface area contributed by atoms with E-state index in [1.165, 1.54) is 0 Å². The van der Waals surface area contributed by atoms with Gasteiger partial charge in [-0.15, -0.1) is 0 Å². The fourth-order valence-corrected chi connectivity index (χ4v) is 0.848. The van der Waals surface area contributed by atoms with Crippen molar-refractivity contribution in [3.05, 3.63) is 17.8 Å². The molecule has 1 atom stereocenters. The molecule has 1 rings (SSSR count). The molecule has 5 heteroatoms. The number of aromatic nitrogens is 1. The molecule has 5 nitrogen and oxygen atoms in total. The summed E-state index contributed by atoms with van der Waals surface area (Å²) in [5.74, 6) is 0.322. The number of nitrogen functional groups attached to an aromatic ring is 2. The molecule has 66 valence electrons. The van der Waals surface area contributed by atoms with Crippen LogP contribution in [-0.2, 0) is 0 Å². The third-order valence-corrected chi connectivity index (χ3v) is 1.65. The van der Waals surface area contributed by atoms with Crippen molar-refractivity contribution in [2.45, 2.75) is 6.04 Å². The van der Waals surface area contributed by atoms with E-state index in [0.29, 0.717) is 18.1 Å². The molecule has 1 heterocycles. The molecule has 0 amide bonds. The molecule has 0 aliphatic heterocycles. The van der Waals surface area contributed by atoms with Crippen molar-refractivity contribution in [1.82, 2.24) is 4.98 Å². The lowest BCUT2D eigenvalue weighted by Gasteiger charge is -2.09. The van der Waals surface area contributed by atoms with Gasteiger partial charge in [0.05, 0.1) is 5.69 Å². The van der Waals surface area contributed by atoms with Gasteiger partial charge in [-0.05, 0) is 11.6 Å². The summed E-state index contributed by atoms with van der Waals surface area (Å²) in [6.45, 7) is 0.366. The van der Waals surface area contributed by atoms with Gasteiger partial charge in [0.1, 0.15) is 5.82 Å². The monoisotopic (exact) mass is 167 g/mol. The fourth-order valence-electron chi connectivity index (χ4n) is 0.848. The average Bonchev–Trinajstić information content (AvgIpc) is 2.08. The number of nitrogens with zero attached hydrogens (tertiary/aromatic N) is 1. The van der Waals surface area contributed by atoms with Crippen LogP contribution in [0.5, 0.6) is 0 Å². The Hall–Kier alpha value is -1.33. The molecular formula is C7H13N5. The average molecular weight is 167 g/mol. The summed E-state index contributed by atoms with van der Waals surface area (Å²) in [6.07, 6.45) is 1.59. The summed E-state index contributed by atoms with van der Waals surface area (Å²) in [4.78, 5) is 3.86. The van der Waals surface area contributed by atoms with Crippen molar-refractivity contribution in [1.29, 1.82) is 0 Å². The molecule has 0 bridgehead atoms. The SMILES string of the molecule is NCC(N)c1cnc(N)c(N)c1. The molecule has 1 aromatic rings. The van der Waals surface area contributed by atoms with Crippen LogP contribution in [0.1, 0.15) is 11.6 Å². The highest BCUT2D eigenvalue weighted by Crippen LogP contribution is 2.16. The Morgan fingerprint density at radius 1 is 1.42 bits per heavy atom. The van der Waals surface area contributed by atoms with E-state index in [9.17, 15) is 0 Å². The summed E-state index contributed by atoms with van der Waals surface area (Å²) in [6, 6.07) is 1.47. The molecule has 0 radical (unpaired) electrons. The predicted octanol–water partition coefficient (Wildman–Crippen LogP) is -0.795. The maximum absolute atomic E-state index is 5.65. The smallest absolute Gasteiger partial charge is 0.146 e. The number of nitrogens with two attached hydrogens (primary N) is 4. The molecule has 0 aliphatic rings. The van der Waals surface area contributed by atoms with E-state index < -0.39 is 0 Å². The van der Waals surface area contributed by atoms with Crippen LogP contribution in [0.25, 0.3) is 0 Å². The highest BCUT2D eigenvalue weighted by atomic mass is 14.9. The van der Waals surface area contributed by atoms with Crippen molar-refractivity contribution in [2.75, 3.05) is 18.0 Å². The van der Waals surface area contributed by atoms with Crippen LogP contribution < -0.4 is 22.9 Å². The van der Waals surface area contributed by atoms with Crippen LogP contribution in [0.4, 0.5) is 11.5 Å². The summed E-state index contributed by atoms with van der Waals surface area (Å²) < 4.78 is 0. The largest absolute Gasteiger partial charge is 0.396 e. The minimum atomic E-state index is -0.222. The zero-order valence-corrected chi connectivity index (χ0v) is 6.70. The lowest BCUT2D eigenvalue weighted by molar-refractivity contribution is 0.734. The van der Waals surface area contributed by atoms with Crippen LogP contribution in [0.3, 0.4) is 0 Å². The molecule has 1 aromatic heterocycles. The number of anilines is 2. The van der Waals surface area contributed by atoms with E-state index in [4.69, 9.17) is 22.9 Å². The van der Waals surface area contributed by atoms with Crippen molar-refractivity contribution in [3.63, 3.8) is 0 Å². The van der Waals surface area contributed by atoms with Crippen LogP contribution >= 0.6 is 0 Å². The van der Waals surface area contributed by atoms with Crippen LogP contribution in [0.2, 0.25) is 0 Å². The normalized spacial score (nSPS) is 12.8. The Morgan fingerprint density at radius 3 is 2.58 bits per heavy atom. The summed E-state index contributed by atoms with van der Waals surface area (Å²) in [5.41, 5.74) is 23.2. The second-order valence-corrected chi connectivity index (χ2v) is 2.59. The molecule has 0 aromatic carbocycles. The van der Waals surface area contributed by atoms with Gasteiger partial charge in [-0.1, -0.05) is 0 Å². The van der Waals surface area contributed by atoms with E-state index in [1.807, 2.05) is 0 Å². The standard InChI is InChI=1S/C7H13N5/c8-2-6(10)4-1-5(9)7(11)12-3-4/h1,3,6H,2,8-10H2,(H2,11,12). The number of hydrogen-bond acceptors (Lipinski definition) is 5. The first-order valence-corrected chi connectivity index (χ1v) is 3.61. The summed E-state index contributed by atoms with van der Waals surface area (Å²) >= 11 is 0. The summed E-state index contributed by atoms with van der Waals surface area (Å²) in [5, 5.41) is 0. The Bertz CT molecular complexity index is 272. The predicted molar refractivity (Wildman–Crippen MR) is 49.0 cm³/mol. The van der Waals surface area contributed by atoms with Gasteiger partial charge in [-0.25, -0.2) is 4.98 Å². The van der Waals surface area contributed by atoms with Gasteiger partial charge >= 0.3 is 0 Å². The van der Waals surface area contributed by atoms with Gasteiger partial charge in [0, 0.05) is 18.8 Å². The minimum Gasteiger partial charge on any atom is -0.396 e. The van der Waals surface area contributed by atoms with E-state index >= 15 is 0 Å². The Morgan fingerprint density at radius 2 is 2.08 bits per heavy atom. The second kappa shape index (κ2) is 3.38. The Kier molecular flexibility index (Phi) is 2.47. The molecule has 8 N–H and O–H groups in total. The fraction of sp³-hybridized carbons (Fsp3) is 0.286. The van der Waals surface area contributed by atoms with Gasteiger partial charge in [-0.2, -0.15) is 0 Å². The van der Waals surface area contributed by atoms with Crippen LogP contribution in [-0.4, -0.2) is 11.5 Å². The lowest BCUT2D eigenvalue weighted by Crippen LogP contribution is -2.21. The zero-order valence-electron chi connectivity index (χ0n) is 6.70. The van der Waals surface area contributed by atoms with E-state index in [2.05, 4.69) is 4.98 Å². The Balaban J connectivity index is 2.96. The number of pyridine rings is 1. The highest BCUT2D eigenvalue weighted by molar-refractivity contribution is 5.58. The first-order chi connectivity index (χ1) is 5.65. The zero-order chi connectivity index (χ0) is 9.14. The molecular weight excluding hydrogens is 154 g/mol. The molecule has 12 heavy (non-hydrogen) atoms. The van der Waals surface area contributed by atoms with Crippen LogP contribution in [0.15, 0.2) is 12.3 Å². The molecule has 0 saturated heterocycles. The lowest BCUT2D eigenvalue weighted by atomic mass is 10.1. The third-order valence-electron chi connectivity index (χ3n) is 1.65. The third kappa shape index (κ3) is 1.63. The van der Waals surface area contributed by atoms with E-state index in [0.717, 1.165) is 5.56 Å². The van der Waals surface area contributed by atoms with Crippen molar-refractivity contribution < 1.29 is 0 Å². The molecule has 0 saturated carbocycles. The molecule has 0 fully saturated rings.